The lowest BCUT2D eigenvalue weighted by Gasteiger charge is -2.16. The van der Waals surface area contributed by atoms with E-state index in [1.54, 1.807) is 11.3 Å². The third kappa shape index (κ3) is 7.39. The van der Waals surface area contributed by atoms with E-state index >= 15 is 0 Å². The molecule has 6 nitrogen and oxygen atoms in total. The van der Waals surface area contributed by atoms with Crippen molar-refractivity contribution in [1.82, 2.24) is 24.9 Å². The van der Waals surface area contributed by atoms with Gasteiger partial charge in [0.05, 0.1) is 49.8 Å². The third-order valence-electron chi connectivity index (χ3n) is 13.2. The second kappa shape index (κ2) is 17.6. The molecule has 5 heterocycles. The summed E-state index contributed by atoms with van der Waals surface area (Å²) < 4.78 is 0. The monoisotopic (exact) mass is 922 g/mol. The molecule has 5 aromatic heterocycles. The van der Waals surface area contributed by atoms with Crippen molar-refractivity contribution in [2.45, 2.75) is 0 Å². The summed E-state index contributed by atoms with van der Waals surface area (Å²) in [5.74, 6) is 0.600. The molecule has 0 atom stereocenters. The third-order valence-corrected chi connectivity index (χ3v) is 14.1. The van der Waals surface area contributed by atoms with Crippen LogP contribution in [-0.4, -0.2) is 24.9 Å². The minimum Gasteiger partial charge on any atom is -0.245 e. The normalized spacial score (nSPS) is 11.4. The number of benzene rings is 8. The Morgan fingerprint density at radius 2 is 0.761 bits per heavy atom. The fourth-order valence-electron chi connectivity index (χ4n) is 9.83. The van der Waals surface area contributed by atoms with Crippen molar-refractivity contribution in [1.29, 1.82) is 5.26 Å². The van der Waals surface area contributed by atoms with E-state index in [9.17, 15) is 5.26 Å². The molecule has 0 N–H and O–H groups in total. The quantitative estimate of drug-likeness (QED) is 0.141. The predicted molar refractivity (Wildman–Crippen MR) is 292 cm³/mol. The Kier molecular flexibility index (Phi) is 10.3. The molecule has 0 amide bonds. The van der Waals surface area contributed by atoms with Crippen molar-refractivity contribution in [2.24, 2.45) is 0 Å². The molecule has 0 saturated heterocycles. The van der Waals surface area contributed by atoms with Crippen LogP contribution in [0.1, 0.15) is 5.56 Å². The number of hydrogen-bond acceptors (Lipinski definition) is 7. The summed E-state index contributed by atoms with van der Waals surface area (Å²) in [6.45, 7) is 0. The van der Waals surface area contributed by atoms with E-state index in [-0.39, 0.29) is 0 Å². The standard InChI is InChI=1S/C64H38N6S/c65-38-53-57(49-33-31-47-51(40-19-7-1-8-20-40)36-54(42-23-11-3-12-24-42)66-60(47)62(49)68-58(53)44-27-15-5-16-28-44)46-35-56(71-39-46)59-50-34-32-48-52(41-21-9-2-10-22-41)37-55(43-25-13-4-14-26-43)67-61(48)63(50)70-64(69-59)45-29-17-6-18-30-45/h1-37,39H. The van der Waals surface area contributed by atoms with Crippen LogP contribution in [0.25, 0.3) is 133 Å². The fourth-order valence-corrected chi connectivity index (χ4v) is 10.7. The number of thiophene rings is 1. The maximum absolute atomic E-state index is 11.3. The summed E-state index contributed by atoms with van der Waals surface area (Å²) in [7, 11) is 0. The molecular weight excluding hydrogens is 885 g/mol. The number of rotatable bonds is 8. The number of aromatic nitrogens is 5. The van der Waals surface area contributed by atoms with Crippen molar-refractivity contribution in [3.05, 3.63) is 235 Å². The van der Waals surface area contributed by atoms with Crippen LogP contribution in [0.3, 0.4) is 0 Å². The molecule has 0 fully saturated rings. The highest BCUT2D eigenvalue weighted by Gasteiger charge is 2.24. The molecule has 0 unspecified atom stereocenters. The van der Waals surface area contributed by atoms with E-state index in [0.717, 1.165) is 121 Å². The lowest BCUT2D eigenvalue weighted by molar-refractivity contribution is 1.23. The predicted octanol–water partition coefficient (Wildman–Crippen LogP) is 16.5. The minimum absolute atomic E-state index is 0.490. The van der Waals surface area contributed by atoms with Gasteiger partial charge in [-0.2, -0.15) is 5.26 Å². The highest BCUT2D eigenvalue weighted by molar-refractivity contribution is 7.14. The summed E-state index contributed by atoms with van der Waals surface area (Å²) in [4.78, 5) is 28.0. The largest absolute Gasteiger partial charge is 0.245 e. The van der Waals surface area contributed by atoms with Crippen molar-refractivity contribution < 1.29 is 0 Å². The minimum atomic E-state index is 0.490. The molecule has 71 heavy (non-hydrogen) atoms. The molecule has 13 rings (SSSR count). The first kappa shape index (κ1) is 41.7. The Morgan fingerprint density at radius 3 is 1.27 bits per heavy atom. The fraction of sp³-hybridized carbons (Fsp3) is 0. The Balaban J connectivity index is 1.08. The second-order valence-corrected chi connectivity index (χ2v) is 18.4. The average Bonchev–Trinajstić information content (AvgIpc) is 3.95. The number of nitrogens with zero attached hydrogens (tertiary/aromatic N) is 6. The highest BCUT2D eigenvalue weighted by Crippen LogP contribution is 2.45. The van der Waals surface area contributed by atoms with Gasteiger partial charge in [-0.3, -0.25) is 0 Å². The van der Waals surface area contributed by atoms with E-state index in [2.05, 4.69) is 127 Å². The van der Waals surface area contributed by atoms with Gasteiger partial charge in [0.15, 0.2) is 5.82 Å². The lowest BCUT2D eigenvalue weighted by Crippen LogP contribution is -1.99. The van der Waals surface area contributed by atoms with Crippen LogP contribution in [0.5, 0.6) is 0 Å². The van der Waals surface area contributed by atoms with E-state index in [1.807, 2.05) is 109 Å². The molecule has 330 valence electrons. The molecule has 0 spiro atoms. The zero-order valence-electron chi connectivity index (χ0n) is 38.0. The van der Waals surface area contributed by atoms with Crippen molar-refractivity contribution in [3.63, 3.8) is 0 Å². The summed E-state index contributed by atoms with van der Waals surface area (Å²) in [6.07, 6.45) is 0. The van der Waals surface area contributed by atoms with Gasteiger partial charge in [0.25, 0.3) is 0 Å². The first-order chi connectivity index (χ1) is 35.2. The second-order valence-electron chi connectivity index (χ2n) is 17.4. The smallest absolute Gasteiger partial charge is 0.160 e. The van der Waals surface area contributed by atoms with Crippen LogP contribution in [0, 0.1) is 11.3 Å². The SMILES string of the molecule is N#Cc1c(-c2ccccc2)nc2c(ccc3c(-c4ccccc4)cc(-c4ccccc4)nc32)c1-c1csc(-c2nc(-c3ccccc3)nc3c2ccc2c(-c4ccccc4)cc(-c4ccccc4)nc23)c1. The van der Waals surface area contributed by atoms with Gasteiger partial charge in [-0.1, -0.05) is 200 Å². The topological polar surface area (TPSA) is 88.2 Å². The summed E-state index contributed by atoms with van der Waals surface area (Å²) in [5.41, 5.74) is 16.4. The maximum Gasteiger partial charge on any atom is 0.160 e. The van der Waals surface area contributed by atoms with Gasteiger partial charge in [-0.05, 0) is 57.5 Å². The van der Waals surface area contributed by atoms with Crippen LogP contribution in [0.2, 0.25) is 0 Å². The molecule has 0 bridgehead atoms. The first-order valence-corrected chi connectivity index (χ1v) is 24.3. The van der Waals surface area contributed by atoms with Gasteiger partial charge in [-0.25, -0.2) is 24.9 Å². The summed E-state index contributed by atoms with van der Waals surface area (Å²) in [5, 5.41) is 17.1. The Morgan fingerprint density at radius 1 is 0.338 bits per heavy atom. The zero-order valence-corrected chi connectivity index (χ0v) is 38.8. The summed E-state index contributed by atoms with van der Waals surface area (Å²) >= 11 is 1.60. The lowest BCUT2D eigenvalue weighted by atomic mass is 9.91. The Bertz CT molecular complexity index is 4200. The van der Waals surface area contributed by atoms with Gasteiger partial charge in [0, 0.05) is 49.4 Å². The van der Waals surface area contributed by atoms with Crippen LogP contribution in [0.15, 0.2) is 230 Å². The van der Waals surface area contributed by atoms with E-state index in [4.69, 9.17) is 24.9 Å². The number of pyridine rings is 3. The van der Waals surface area contributed by atoms with Crippen molar-refractivity contribution in [3.8, 4) is 95.2 Å². The van der Waals surface area contributed by atoms with E-state index in [1.165, 1.54) is 0 Å². The molecule has 13 aromatic rings. The zero-order chi connectivity index (χ0) is 47.3. The average molecular weight is 923 g/mol. The molecular formula is C64H38N6S. The number of fused-ring (bicyclic) bond motifs is 6. The van der Waals surface area contributed by atoms with Gasteiger partial charge in [0.2, 0.25) is 0 Å². The van der Waals surface area contributed by atoms with E-state index < -0.39 is 0 Å². The molecule has 0 aliphatic rings. The maximum atomic E-state index is 11.3. The van der Waals surface area contributed by atoms with Gasteiger partial charge >= 0.3 is 0 Å². The molecule has 0 aliphatic heterocycles. The van der Waals surface area contributed by atoms with Gasteiger partial charge in [0.1, 0.15) is 11.6 Å². The van der Waals surface area contributed by atoms with Gasteiger partial charge < -0.3 is 0 Å². The van der Waals surface area contributed by atoms with Gasteiger partial charge in [-0.15, -0.1) is 11.3 Å². The molecule has 0 radical (unpaired) electrons. The van der Waals surface area contributed by atoms with Crippen LogP contribution in [0.4, 0.5) is 0 Å². The summed E-state index contributed by atoms with van der Waals surface area (Å²) in [6, 6.07) is 79.3. The number of hydrogen-bond donors (Lipinski definition) is 0. The number of nitriles is 1. The van der Waals surface area contributed by atoms with Crippen LogP contribution < -0.4 is 0 Å². The molecule has 0 saturated carbocycles. The first-order valence-electron chi connectivity index (χ1n) is 23.5. The Hall–Kier alpha value is -9.48. The van der Waals surface area contributed by atoms with E-state index in [0.29, 0.717) is 17.1 Å². The van der Waals surface area contributed by atoms with Crippen LogP contribution >= 0.6 is 11.3 Å². The van der Waals surface area contributed by atoms with Crippen LogP contribution in [-0.2, 0) is 0 Å². The molecule has 8 aromatic carbocycles. The van der Waals surface area contributed by atoms with Crippen molar-refractivity contribution in [2.75, 3.05) is 0 Å². The molecule has 7 heteroatoms. The Labute approximate surface area is 413 Å². The highest BCUT2D eigenvalue weighted by atomic mass is 32.1. The molecule has 0 aliphatic carbocycles. The van der Waals surface area contributed by atoms with Crippen molar-refractivity contribution >= 4 is 54.9 Å².